The van der Waals surface area contributed by atoms with Crippen molar-refractivity contribution in [1.29, 1.82) is 0 Å². The predicted octanol–water partition coefficient (Wildman–Crippen LogP) is 1.96. The van der Waals surface area contributed by atoms with E-state index in [1.54, 1.807) is 17.0 Å². The van der Waals surface area contributed by atoms with Gasteiger partial charge in [0, 0.05) is 12.6 Å². The third-order valence-electron chi connectivity index (χ3n) is 3.99. The third kappa shape index (κ3) is 3.56. The molecule has 2 heterocycles. The van der Waals surface area contributed by atoms with Crippen LogP contribution in [0.25, 0.3) is 0 Å². The maximum absolute atomic E-state index is 13.1. The second kappa shape index (κ2) is 7.07. The summed E-state index contributed by atoms with van der Waals surface area (Å²) in [6, 6.07) is 5.74. The van der Waals surface area contributed by atoms with E-state index in [9.17, 15) is 9.18 Å². The second-order valence-electron chi connectivity index (χ2n) is 5.51. The lowest BCUT2D eigenvalue weighted by atomic mass is 10.0. The fourth-order valence-electron chi connectivity index (χ4n) is 2.93. The number of hydrogen-bond donors (Lipinski definition) is 0. The van der Waals surface area contributed by atoms with Gasteiger partial charge in [0.2, 0.25) is 0 Å². The Kier molecular flexibility index (Phi) is 4.90. The van der Waals surface area contributed by atoms with Crippen LogP contribution in [0.4, 0.5) is 4.39 Å². The van der Waals surface area contributed by atoms with Crippen LogP contribution in [-0.4, -0.2) is 49.5 Å². The van der Waals surface area contributed by atoms with Crippen LogP contribution in [0.3, 0.4) is 0 Å². The quantitative estimate of drug-likeness (QED) is 0.853. The van der Waals surface area contributed by atoms with Crippen LogP contribution in [0.5, 0.6) is 5.75 Å². The van der Waals surface area contributed by atoms with E-state index in [0.717, 1.165) is 19.3 Å². The number of rotatable bonds is 4. The normalized spacial score (nSPS) is 22.8. The first kappa shape index (κ1) is 15.2. The summed E-state index contributed by atoms with van der Waals surface area (Å²) in [5.74, 6) is -0.142. The molecule has 0 bridgehead atoms. The van der Waals surface area contributed by atoms with Gasteiger partial charge >= 0.3 is 0 Å². The van der Waals surface area contributed by atoms with Crippen molar-refractivity contribution in [2.45, 2.75) is 31.6 Å². The van der Waals surface area contributed by atoms with Crippen molar-refractivity contribution in [2.75, 3.05) is 26.4 Å². The molecular formula is C16H20FNO4. The van der Waals surface area contributed by atoms with Gasteiger partial charge in [-0.05, 0) is 31.4 Å². The molecule has 22 heavy (non-hydrogen) atoms. The lowest BCUT2D eigenvalue weighted by molar-refractivity contribution is -0.152. The molecule has 5 nitrogen and oxygen atoms in total. The van der Waals surface area contributed by atoms with E-state index in [-0.39, 0.29) is 30.7 Å². The summed E-state index contributed by atoms with van der Waals surface area (Å²) in [6.45, 7) is 1.72. The topological polar surface area (TPSA) is 48.0 Å². The molecule has 2 aliphatic heterocycles. The summed E-state index contributed by atoms with van der Waals surface area (Å²) in [6.07, 6.45) is 2.56. The molecule has 2 saturated heterocycles. The summed E-state index contributed by atoms with van der Waals surface area (Å²) in [7, 11) is 0. The molecule has 120 valence electrons. The van der Waals surface area contributed by atoms with Crippen LogP contribution in [0, 0.1) is 5.82 Å². The van der Waals surface area contributed by atoms with Crippen LogP contribution >= 0.6 is 0 Å². The number of hydrogen-bond acceptors (Lipinski definition) is 4. The zero-order valence-electron chi connectivity index (χ0n) is 12.4. The third-order valence-corrected chi connectivity index (χ3v) is 3.99. The molecule has 1 unspecified atom stereocenters. The van der Waals surface area contributed by atoms with Crippen LogP contribution < -0.4 is 4.74 Å². The standard InChI is InChI=1S/C16H20FNO4/c17-12-4-3-5-13(10-12)22-11-15(19)18-7-2-1-6-14(18)16-20-8-9-21-16/h3-5,10,14,16H,1-2,6-9,11H2. The van der Waals surface area contributed by atoms with Gasteiger partial charge in [0.15, 0.2) is 12.9 Å². The monoisotopic (exact) mass is 309 g/mol. The minimum absolute atomic E-state index is 0.0557. The highest BCUT2D eigenvalue weighted by Crippen LogP contribution is 2.24. The molecule has 0 aromatic heterocycles. The Balaban J connectivity index is 1.59. The van der Waals surface area contributed by atoms with E-state index in [2.05, 4.69) is 0 Å². The first-order valence-electron chi connectivity index (χ1n) is 7.65. The predicted molar refractivity (Wildman–Crippen MR) is 76.9 cm³/mol. The molecular weight excluding hydrogens is 289 g/mol. The van der Waals surface area contributed by atoms with Crippen LogP contribution in [0.2, 0.25) is 0 Å². The average molecular weight is 309 g/mol. The van der Waals surface area contributed by atoms with Crippen LogP contribution in [0.15, 0.2) is 24.3 Å². The fraction of sp³-hybridized carbons (Fsp3) is 0.562. The Morgan fingerprint density at radius 1 is 1.32 bits per heavy atom. The number of nitrogens with zero attached hydrogens (tertiary/aromatic N) is 1. The zero-order valence-corrected chi connectivity index (χ0v) is 12.4. The van der Waals surface area contributed by atoms with Gasteiger partial charge in [-0.25, -0.2) is 4.39 Å². The van der Waals surface area contributed by atoms with Gasteiger partial charge in [-0.2, -0.15) is 0 Å². The zero-order chi connectivity index (χ0) is 15.4. The van der Waals surface area contributed by atoms with Gasteiger partial charge in [-0.1, -0.05) is 6.07 Å². The van der Waals surface area contributed by atoms with Crippen LogP contribution in [0.1, 0.15) is 19.3 Å². The fourth-order valence-corrected chi connectivity index (χ4v) is 2.93. The highest BCUT2D eigenvalue weighted by atomic mass is 19.1. The van der Waals surface area contributed by atoms with Crippen molar-refractivity contribution < 1.29 is 23.4 Å². The second-order valence-corrected chi connectivity index (χ2v) is 5.51. The van der Waals surface area contributed by atoms with Crippen molar-refractivity contribution in [3.8, 4) is 5.75 Å². The molecule has 1 aromatic rings. The van der Waals surface area contributed by atoms with Crippen molar-refractivity contribution in [3.05, 3.63) is 30.1 Å². The van der Waals surface area contributed by atoms with E-state index < -0.39 is 0 Å². The lowest BCUT2D eigenvalue weighted by Gasteiger charge is -2.37. The highest BCUT2D eigenvalue weighted by Gasteiger charge is 2.36. The molecule has 0 aliphatic carbocycles. The van der Waals surface area contributed by atoms with Gasteiger partial charge in [0.05, 0.1) is 19.3 Å². The van der Waals surface area contributed by atoms with E-state index in [1.165, 1.54) is 12.1 Å². The number of carbonyl (C=O) groups is 1. The molecule has 2 aliphatic rings. The molecule has 6 heteroatoms. The smallest absolute Gasteiger partial charge is 0.260 e. The average Bonchev–Trinajstić information content (AvgIpc) is 3.07. The molecule has 1 atom stereocenters. The van der Waals surface area contributed by atoms with Gasteiger partial charge < -0.3 is 19.1 Å². The van der Waals surface area contributed by atoms with Gasteiger partial charge in [0.25, 0.3) is 5.91 Å². The minimum Gasteiger partial charge on any atom is -0.484 e. The molecule has 0 N–H and O–H groups in total. The van der Waals surface area contributed by atoms with Crippen molar-refractivity contribution in [1.82, 2.24) is 4.90 Å². The number of piperidine rings is 1. The molecule has 0 saturated carbocycles. The highest BCUT2D eigenvalue weighted by molar-refractivity contribution is 5.78. The van der Waals surface area contributed by atoms with E-state index in [1.807, 2.05) is 0 Å². The molecule has 0 radical (unpaired) electrons. The number of halogens is 1. The van der Waals surface area contributed by atoms with Crippen molar-refractivity contribution in [3.63, 3.8) is 0 Å². The molecule has 3 rings (SSSR count). The summed E-state index contributed by atoms with van der Waals surface area (Å²) in [5.41, 5.74) is 0. The minimum atomic E-state index is -0.381. The maximum atomic E-state index is 13.1. The molecule has 0 spiro atoms. The largest absolute Gasteiger partial charge is 0.484 e. The number of amides is 1. The van der Waals surface area contributed by atoms with Gasteiger partial charge in [-0.3, -0.25) is 4.79 Å². The summed E-state index contributed by atoms with van der Waals surface area (Å²) >= 11 is 0. The van der Waals surface area contributed by atoms with Gasteiger partial charge in [-0.15, -0.1) is 0 Å². The van der Waals surface area contributed by atoms with E-state index in [0.29, 0.717) is 25.5 Å². The van der Waals surface area contributed by atoms with Crippen molar-refractivity contribution >= 4 is 5.91 Å². The first-order chi connectivity index (χ1) is 10.7. The van der Waals surface area contributed by atoms with Gasteiger partial charge in [0.1, 0.15) is 11.6 Å². The summed E-state index contributed by atoms with van der Waals surface area (Å²) in [4.78, 5) is 14.2. The van der Waals surface area contributed by atoms with E-state index in [4.69, 9.17) is 14.2 Å². The lowest BCUT2D eigenvalue weighted by Crippen LogP contribution is -2.51. The van der Waals surface area contributed by atoms with Crippen LogP contribution in [-0.2, 0) is 14.3 Å². The Morgan fingerprint density at radius 3 is 2.91 bits per heavy atom. The van der Waals surface area contributed by atoms with E-state index >= 15 is 0 Å². The summed E-state index contributed by atoms with van der Waals surface area (Å²) < 4.78 is 29.6. The number of carbonyl (C=O) groups excluding carboxylic acids is 1. The number of benzene rings is 1. The molecule has 2 fully saturated rings. The molecule has 1 amide bonds. The Bertz CT molecular complexity index is 519. The molecule has 1 aromatic carbocycles. The van der Waals surface area contributed by atoms with Crippen molar-refractivity contribution in [2.24, 2.45) is 0 Å². The Morgan fingerprint density at radius 2 is 2.14 bits per heavy atom. The maximum Gasteiger partial charge on any atom is 0.260 e. The number of likely N-dealkylation sites (tertiary alicyclic amines) is 1. The number of ether oxygens (including phenoxy) is 3. The SMILES string of the molecule is O=C(COc1cccc(F)c1)N1CCCCC1C1OCCO1. The summed E-state index contributed by atoms with van der Waals surface area (Å²) in [5, 5.41) is 0. The first-order valence-corrected chi connectivity index (χ1v) is 7.65. The Hall–Kier alpha value is -1.66. The Labute approximate surface area is 128 Å².